The number of nitrogens with one attached hydrogen (secondary N) is 2. The monoisotopic (exact) mass is 504 g/mol. The SMILES string of the molecule is CCN1C(=O)Nc2c(F)c(CN3CCN(c4ccc(C(=O)NC5CC5)nc4C)CC3)cc3ncnc1c23. The van der Waals surface area contributed by atoms with E-state index in [1.165, 1.54) is 11.2 Å². The second-order valence-electron chi connectivity index (χ2n) is 9.80. The number of aromatic nitrogens is 3. The second kappa shape index (κ2) is 9.22. The van der Waals surface area contributed by atoms with Gasteiger partial charge in [-0.05, 0) is 44.9 Å². The van der Waals surface area contributed by atoms with Crippen LogP contribution in [0.15, 0.2) is 24.5 Å². The van der Waals surface area contributed by atoms with Gasteiger partial charge in [0.05, 0.1) is 28.0 Å². The molecule has 0 radical (unpaired) electrons. The number of nitrogens with zero attached hydrogens (tertiary/aromatic N) is 6. The van der Waals surface area contributed by atoms with E-state index in [0.29, 0.717) is 47.1 Å². The van der Waals surface area contributed by atoms with E-state index < -0.39 is 5.82 Å². The normalized spacial score (nSPS) is 17.8. The average molecular weight is 505 g/mol. The predicted octanol–water partition coefficient (Wildman–Crippen LogP) is 3.06. The third-order valence-electron chi connectivity index (χ3n) is 7.28. The van der Waals surface area contributed by atoms with E-state index in [1.54, 1.807) is 12.1 Å². The van der Waals surface area contributed by atoms with Gasteiger partial charge in [0.25, 0.3) is 5.91 Å². The summed E-state index contributed by atoms with van der Waals surface area (Å²) in [6.07, 6.45) is 3.50. The highest BCUT2D eigenvalue weighted by atomic mass is 19.1. The minimum absolute atomic E-state index is 0.116. The standard InChI is InChI=1S/C26H29FN8O2/c1-3-35-24-21-19(28-14-29-24)12-16(22(27)23(21)32-26(35)37)13-33-8-10-34(11-9-33)20-7-6-18(30-15(20)2)25(36)31-17-4-5-17/h6-7,12,14,17H,3-5,8-11,13H2,1-2H3,(H,31,36)(H,32,37). The first-order valence-electron chi connectivity index (χ1n) is 12.7. The maximum atomic E-state index is 15.6. The molecular formula is C26H29FN8O2. The van der Waals surface area contributed by atoms with Crippen LogP contribution in [0.5, 0.6) is 0 Å². The van der Waals surface area contributed by atoms with Gasteiger partial charge in [-0.1, -0.05) is 0 Å². The maximum absolute atomic E-state index is 15.6. The van der Waals surface area contributed by atoms with Gasteiger partial charge in [0.2, 0.25) is 0 Å². The highest BCUT2D eigenvalue weighted by molar-refractivity contribution is 6.17. The summed E-state index contributed by atoms with van der Waals surface area (Å²) in [5.74, 6) is -0.116. The molecule has 1 saturated heterocycles. The summed E-state index contributed by atoms with van der Waals surface area (Å²) in [4.78, 5) is 43.9. The van der Waals surface area contributed by atoms with Crippen LogP contribution in [0.4, 0.5) is 26.4 Å². The van der Waals surface area contributed by atoms with E-state index in [9.17, 15) is 9.59 Å². The first-order valence-corrected chi connectivity index (χ1v) is 12.7. The summed E-state index contributed by atoms with van der Waals surface area (Å²) in [5.41, 5.74) is 3.54. The van der Waals surface area contributed by atoms with Crippen molar-refractivity contribution in [2.24, 2.45) is 0 Å². The van der Waals surface area contributed by atoms with Crippen molar-refractivity contribution in [2.45, 2.75) is 39.3 Å². The molecule has 0 atom stereocenters. The van der Waals surface area contributed by atoms with Crippen LogP contribution in [0.2, 0.25) is 0 Å². The molecule has 0 bridgehead atoms. The molecule has 1 saturated carbocycles. The number of carbonyl (C=O) groups is 2. The number of hydrogen-bond acceptors (Lipinski definition) is 7. The smallest absolute Gasteiger partial charge is 0.327 e. The van der Waals surface area contributed by atoms with Gasteiger partial charge in [0.15, 0.2) is 5.82 Å². The molecular weight excluding hydrogens is 475 g/mol. The Morgan fingerprint density at radius 3 is 2.68 bits per heavy atom. The number of piperazine rings is 1. The van der Waals surface area contributed by atoms with Gasteiger partial charge in [0.1, 0.15) is 17.8 Å². The number of carbonyl (C=O) groups excluding carboxylic acids is 2. The summed E-state index contributed by atoms with van der Waals surface area (Å²) in [6.45, 7) is 7.60. The maximum Gasteiger partial charge on any atom is 0.327 e. The largest absolute Gasteiger partial charge is 0.368 e. The molecule has 3 amide bonds. The lowest BCUT2D eigenvalue weighted by Gasteiger charge is -2.37. The quantitative estimate of drug-likeness (QED) is 0.531. The zero-order chi connectivity index (χ0) is 25.7. The van der Waals surface area contributed by atoms with Crippen molar-refractivity contribution in [2.75, 3.05) is 47.8 Å². The lowest BCUT2D eigenvalue weighted by molar-refractivity contribution is 0.0946. The van der Waals surface area contributed by atoms with Crippen LogP contribution in [-0.2, 0) is 6.54 Å². The zero-order valence-electron chi connectivity index (χ0n) is 20.9. The summed E-state index contributed by atoms with van der Waals surface area (Å²) in [5, 5.41) is 6.21. The average Bonchev–Trinajstić information content (AvgIpc) is 3.71. The summed E-state index contributed by atoms with van der Waals surface area (Å²) in [7, 11) is 0. The Hall–Kier alpha value is -3.86. The molecule has 192 valence electrons. The van der Waals surface area contributed by atoms with Crippen LogP contribution in [0.25, 0.3) is 10.9 Å². The highest BCUT2D eigenvalue weighted by Gasteiger charge is 2.30. The Morgan fingerprint density at radius 1 is 1.19 bits per heavy atom. The molecule has 2 N–H and O–H groups in total. The Labute approximate surface area is 213 Å². The van der Waals surface area contributed by atoms with Crippen LogP contribution >= 0.6 is 0 Å². The van der Waals surface area contributed by atoms with Crippen molar-refractivity contribution in [1.82, 2.24) is 25.2 Å². The Kier molecular flexibility index (Phi) is 5.86. The fourth-order valence-corrected chi connectivity index (χ4v) is 5.13. The van der Waals surface area contributed by atoms with Gasteiger partial charge in [-0.3, -0.25) is 14.6 Å². The molecule has 0 spiro atoms. The summed E-state index contributed by atoms with van der Waals surface area (Å²) in [6, 6.07) is 5.42. The minimum atomic E-state index is -0.435. The highest BCUT2D eigenvalue weighted by Crippen LogP contribution is 2.38. The fourth-order valence-electron chi connectivity index (χ4n) is 5.13. The zero-order valence-corrected chi connectivity index (χ0v) is 20.9. The lowest BCUT2D eigenvalue weighted by Crippen LogP contribution is -2.46. The van der Waals surface area contributed by atoms with Crippen LogP contribution in [0, 0.1) is 12.7 Å². The third kappa shape index (κ3) is 4.33. The predicted molar refractivity (Wildman–Crippen MR) is 138 cm³/mol. The van der Waals surface area contributed by atoms with Gasteiger partial charge in [-0.15, -0.1) is 0 Å². The molecule has 1 aromatic carbocycles. The number of halogens is 1. The fraction of sp³-hybridized carbons (Fsp3) is 0.423. The molecule has 2 fully saturated rings. The van der Waals surface area contributed by atoms with Crippen molar-refractivity contribution in [3.8, 4) is 0 Å². The van der Waals surface area contributed by atoms with E-state index >= 15 is 4.39 Å². The number of pyridine rings is 1. The molecule has 4 heterocycles. The van der Waals surface area contributed by atoms with E-state index in [0.717, 1.165) is 50.4 Å². The van der Waals surface area contributed by atoms with E-state index in [4.69, 9.17) is 0 Å². The van der Waals surface area contributed by atoms with Crippen LogP contribution in [-0.4, -0.2) is 70.6 Å². The number of urea groups is 1. The van der Waals surface area contributed by atoms with Crippen molar-refractivity contribution in [1.29, 1.82) is 0 Å². The van der Waals surface area contributed by atoms with Crippen molar-refractivity contribution in [3.63, 3.8) is 0 Å². The molecule has 10 nitrogen and oxygen atoms in total. The number of benzene rings is 1. The minimum Gasteiger partial charge on any atom is -0.368 e. The van der Waals surface area contributed by atoms with E-state index in [-0.39, 0.29) is 17.6 Å². The summed E-state index contributed by atoms with van der Waals surface area (Å²) >= 11 is 0. The molecule has 37 heavy (non-hydrogen) atoms. The topological polar surface area (TPSA) is 107 Å². The Bertz CT molecular complexity index is 1400. The van der Waals surface area contributed by atoms with Gasteiger partial charge in [-0.2, -0.15) is 0 Å². The lowest BCUT2D eigenvalue weighted by atomic mass is 10.1. The molecule has 3 aliphatic rings. The van der Waals surface area contributed by atoms with Gasteiger partial charge < -0.3 is 15.5 Å². The Morgan fingerprint density at radius 2 is 1.97 bits per heavy atom. The summed E-state index contributed by atoms with van der Waals surface area (Å²) < 4.78 is 15.6. The first kappa shape index (κ1) is 23.5. The van der Waals surface area contributed by atoms with Crippen molar-refractivity contribution in [3.05, 3.63) is 47.3 Å². The number of amides is 3. The van der Waals surface area contributed by atoms with Crippen LogP contribution in [0.1, 0.15) is 41.5 Å². The molecule has 3 aromatic rings. The van der Waals surface area contributed by atoms with E-state index in [2.05, 4.69) is 35.4 Å². The van der Waals surface area contributed by atoms with Crippen molar-refractivity contribution < 1.29 is 14.0 Å². The number of anilines is 3. The molecule has 2 aliphatic heterocycles. The van der Waals surface area contributed by atoms with Gasteiger partial charge in [0, 0.05) is 50.9 Å². The van der Waals surface area contributed by atoms with Crippen molar-refractivity contribution >= 4 is 40.0 Å². The first-order chi connectivity index (χ1) is 17.9. The molecule has 0 unspecified atom stereocenters. The third-order valence-corrected chi connectivity index (χ3v) is 7.28. The second-order valence-corrected chi connectivity index (χ2v) is 9.80. The van der Waals surface area contributed by atoms with Gasteiger partial charge >= 0.3 is 6.03 Å². The van der Waals surface area contributed by atoms with Crippen LogP contribution in [0.3, 0.4) is 0 Å². The molecule has 1 aliphatic carbocycles. The number of hydrogen-bond donors (Lipinski definition) is 2. The van der Waals surface area contributed by atoms with Gasteiger partial charge in [-0.25, -0.2) is 24.1 Å². The molecule has 11 heteroatoms. The molecule has 6 rings (SSSR count). The molecule has 2 aromatic heterocycles. The number of aryl methyl sites for hydroxylation is 1. The van der Waals surface area contributed by atoms with Crippen LogP contribution < -0.4 is 20.4 Å². The van der Waals surface area contributed by atoms with E-state index in [1.807, 2.05) is 19.9 Å². The Balaban J connectivity index is 1.16. The number of rotatable bonds is 6.